The fourth-order valence-electron chi connectivity index (χ4n) is 3.26. The number of hydrogen-bond donors (Lipinski definition) is 1. The summed E-state index contributed by atoms with van der Waals surface area (Å²) in [5.41, 5.74) is 0.0310. The topological polar surface area (TPSA) is 61.6 Å². The van der Waals surface area contributed by atoms with Crippen LogP contribution in [0.4, 0.5) is 4.39 Å². The van der Waals surface area contributed by atoms with Crippen molar-refractivity contribution >= 4 is 5.91 Å². The first-order valence-corrected chi connectivity index (χ1v) is 8.58. The summed E-state index contributed by atoms with van der Waals surface area (Å²) < 4.78 is 15.4. The van der Waals surface area contributed by atoms with Gasteiger partial charge in [-0.05, 0) is 24.6 Å². The zero-order valence-electron chi connectivity index (χ0n) is 14.3. The zero-order chi connectivity index (χ0) is 17.8. The lowest BCUT2D eigenvalue weighted by atomic mass is 10.1. The Hall–Kier alpha value is -2.41. The molecule has 1 aliphatic heterocycles. The van der Waals surface area contributed by atoms with E-state index in [-0.39, 0.29) is 17.5 Å². The molecule has 134 valence electrons. The van der Waals surface area contributed by atoms with Crippen molar-refractivity contribution in [2.75, 3.05) is 26.2 Å². The minimum Gasteiger partial charge on any atom is -0.504 e. The average molecular weight is 346 g/mol. The van der Waals surface area contributed by atoms with E-state index >= 15 is 0 Å². The first-order chi connectivity index (χ1) is 12.1. The highest BCUT2D eigenvalue weighted by Crippen LogP contribution is 2.24. The fraction of sp³-hybridized carbons (Fsp3) is 0.444. The van der Waals surface area contributed by atoms with Crippen LogP contribution >= 0.6 is 0 Å². The second-order valence-corrected chi connectivity index (χ2v) is 6.27. The first kappa shape index (κ1) is 17.4. The number of amides is 1. The van der Waals surface area contributed by atoms with Gasteiger partial charge in [-0.2, -0.15) is 5.10 Å². The number of benzene rings is 1. The molecule has 7 heteroatoms. The van der Waals surface area contributed by atoms with Crippen LogP contribution in [0.1, 0.15) is 23.7 Å². The first-order valence-electron chi connectivity index (χ1n) is 8.58. The van der Waals surface area contributed by atoms with Gasteiger partial charge in [0.2, 0.25) is 0 Å². The summed E-state index contributed by atoms with van der Waals surface area (Å²) in [6, 6.07) is 6.01. The van der Waals surface area contributed by atoms with Gasteiger partial charge in [0.15, 0.2) is 11.6 Å². The smallest absolute Gasteiger partial charge is 0.258 e. The van der Waals surface area contributed by atoms with Crippen molar-refractivity contribution in [2.24, 2.45) is 0 Å². The van der Waals surface area contributed by atoms with E-state index in [1.165, 1.54) is 12.1 Å². The Kier molecular flexibility index (Phi) is 5.33. The molecule has 1 aliphatic rings. The van der Waals surface area contributed by atoms with E-state index < -0.39 is 11.6 Å². The lowest BCUT2D eigenvalue weighted by molar-refractivity contribution is 0.0434. The largest absolute Gasteiger partial charge is 0.504 e. The van der Waals surface area contributed by atoms with E-state index in [2.05, 4.69) is 10.00 Å². The van der Waals surface area contributed by atoms with Gasteiger partial charge >= 0.3 is 0 Å². The molecule has 25 heavy (non-hydrogen) atoms. The summed E-state index contributed by atoms with van der Waals surface area (Å²) in [5, 5.41) is 14.1. The molecule has 1 saturated heterocycles. The molecule has 1 N–H and O–H groups in total. The Balaban J connectivity index is 1.65. The van der Waals surface area contributed by atoms with Gasteiger partial charge in [-0.15, -0.1) is 0 Å². The highest BCUT2D eigenvalue weighted by Gasteiger charge is 2.31. The van der Waals surface area contributed by atoms with Crippen LogP contribution in [0.3, 0.4) is 0 Å². The number of para-hydroxylation sites is 1. The third kappa shape index (κ3) is 3.82. The van der Waals surface area contributed by atoms with Crippen molar-refractivity contribution in [3.8, 4) is 5.75 Å². The van der Waals surface area contributed by atoms with E-state index in [1.807, 2.05) is 23.9 Å². The molecule has 1 amide bonds. The quantitative estimate of drug-likeness (QED) is 0.899. The molecule has 0 spiro atoms. The average Bonchev–Trinajstić information content (AvgIpc) is 3.15. The van der Waals surface area contributed by atoms with Crippen LogP contribution in [-0.4, -0.2) is 62.8 Å². The van der Waals surface area contributed by atoms with Crippen LogP contribution < -0.4 is 0 Å². The molecule has 1 unspecified atom stereocenters. The van der Waals surface area contributed by atoms with Gasteiger partial charge in [0.25, 0.3) is 5.91 Å². The predicted molar refractivity (Wildman–Crippen MR) is 91.8 cm³/mol. The fourth-order valence-corrected chi connectivity index (χ4v) is 3.26. The van der Waals surface area contributed by atoms with Crippen LogP contribution in [0, 0.1) is 5.82 Å². The molecule has 1 aromatic heterocycles. The summed E-state index contributed by atoms with van der Waals surface area (Å²) in [7, 11) is 0. The van der Waals surface area contributed by atoms with Gasteiger partial charge in [-0.3, -0.25) is 14.4 Å². The van der Waals surface area contributed by atoms with E-state index in [0.29, 0.717) is 6.54 Å². The molecule has 1 atom stereocenters. The lowest BCUT2D eigenvalue weighted by Gasteiger charge is -2.41. The number of piperazine rings is 1. The van der Waals surface area contributed by atoms with E-state index in [0.717, 1.165) is 38.7 Å². The number of hydrogen-bond acceptors (Lipinski definition) is 4. The summed E-state index contributed by atoms with van der Waals surface area (Å²) in [6.45, 7) is 5.78. The molecule has 1 aromatic carbocycles. The van der Waals surface area contributed by atoms with E-state index in [4.69, 9.17) is 0 Å². The molecule has 0 aliphatic carbocycles. The summed E-state index contributed by atoms with van der Waals surface area (Å²) in [5.74, 6) is -1.64. The van der Waals surface area contributed by atoms with E-state index in [1.54, 1.807) is 11.1 Å². The molecule has 3 rings (SSSR count). The molecule has 2 aromatic rings. The van der Waals surface area contributed by atoms with Crippen LogP contribution in [0.2, 0.25) is 0 Å². The van der Waals surface area contributed by atoms with Crippen molar-refractivity contribution < 1.29 is 14.3 Å². The second-order valence-electron chi connectivity index (χ2n) is 6.27. The Morgan fingerprint density at radius 1 is 1.32 bits per heavy atom. The Bertz CT molecular complexity index is 720. The molecule has 0 bridgehead atoms. The van der Waals surface area contributed by atoms with Crippen molar-refractivity contribution in [1.82, 2.24) is 19.6 Å². The van der Waals surface area contributed by atoms with Gasteiger partial charge in [0.05, 0.1) is 12.1 Å². The maximum Gasteiger partial charge on any atom is 0.258 e. The number of phenolic OH excluding ortho intramolecular Hbond substituents is 1. The number of phenols is 1. The van der Waals surface area contributed by atoms with Crippen molar-refractivity contribution in [2.45, 2.75) is 25.9 Å². The standard InChI is InChI=1S/C18H23FN4O2/c1-2-14-13-21(9-11-22-8-4-7-20-22)10-12-23(14)18(25)15-5-3-6-16(19)17(15)24/h3-8,14,24H,2,9-13H2,1H3. The second kappa shape index (κ2) is 7.65. The van der Waals surface area contributed by atoms with Gasteiger partial charge < -0.3 is 10.0 Å². The van der Waals surface area contributed by atoms with Crippen molar-refractivity contribution in [3.63, 3.8) is 0 Å². The van der Waals surface area contributed by atoms with Gasteiger partial charge in [0.1, 0.15) is 0 Å². The predicted octanol–water partition coefficient (Wildman–Crippen LogP) is 1.96. The molecule has 2 heterocycles. The molecule has 0 saturated carbocycles. The number of rotatable bonds is 5. The number of carbonyl (C=O) groups excluding carboxylic acids is 1. The Morgan fingerprint density at radius 3 is 2.88 bits per heavy atom. The summed E-state index contributed by atoms with van der Waals surface area (Å²) in [4.78, 5) is 16.8. The monoisotopic (exact) mass is 346 g/mol. The zero-order valence-corrected chi connectivity index (χ0v) is 14.3. The third-order valence-corrected chi connectivity index (χ3v) is 4.72. The number of aromatic hydroxyl groups is 1. The number of halogens is 1. The highest BCUT2D eigenvalue weighted by molar-refractivity contribution is 5.97. The van der Waals surface area contributed by atoms with Gasteiger partial charge in [-0.1, -0.05) is 13.0 Å². The summed E-state index contributed by atoms with van der Waals surface area (Å²) in [6.07, 6.45) is 4.50. The minimum absolute atomic E-state index is 0.0310. The minimum atomic E-state index is -0.767. The van der Waals surface area contributed by atoms with Crippen LogP contribution in [0.5, 0.6) is 5.75 Å². The van der Waals surface area contributed by atoms with E-state index in [9.17, 15) is 14.3 Å². The molecule has 0 radical (unpaired) electrons. The normalized spacial score (nSPS) is 18.5. The van der Waals surface area contributed by atoms with Crippen molar-refractivity contribution in [3.05, 3.63) is 48.0 Å². The lowest BCUT2D eigenvalue weighted by Crippen LogP contribution is -2.55. The Labute approximate surface area is 146 Å². The van der Waals surface area contributed by atoms with Gasteiger partial charge in [0, 0.05) is 44.6 Å². The van der Waals surface area contributed by atoms with Crippen LogP contribution in [0.15, 0.2) is 36.7 Å². The Morgan fingerprint density at radius 2 is 2.16 bits per heavy atom. The molecule has 1 fully saturated rings. The van der Waals surface area contributed by atoms with Gasteiger partial charge in [-0.25, -0.2) is 4.39 Å². The van der Waals surface area contributed by atoms with Crippen molar-refractivity contribution in [1.29, 1.82) is 0 Å². The highest BCUT2D eigenvalue weighted by atomic mass is 19.1. The number of carbonyl (C=O) groups is 1. The summed E-state index contributed by atoms with van der Waals surface area (Å²) >= 11 is 0. The molecular weight excluding hydrogens is 323 g/mol. The maximum atomic E-state index is 13.5. The number of nitrogens with zero attached hydrogens (tertiary/aromatic N) is 4. The molecular formula is C18H23FN4O2. The molecule has 6 nitrogen and oxygen atoms in total. The number of aromatic nitrogens is 2. The third-order valence-electron chi connectivity index (χ3n) is 4.72. The maximum absolute atomic E-state index is 13.5. The van der Waals surface area contributed by atoms with Crippen LogP contribution in [-0.2, 0) is 6.54 Å². The SMILES string of the molecule is CCC1CN(CCn2cccn2)CCN1C(=O)c1cccc(F)c1O. The van der Waals surface area contributed by atoms with Crippen LogP contribution in [0.25, 0.3) is 0 Å².